The lowest BCUT2D eigenvalue weighted by Crippen LogP contribution is -2.81. The second kappa shape index (κ2) is 20.7. The van der Waals surface area contributed by atoms with Gasteiger partial charge in [-0.2, -0.15) is 0 Å². The molecule has 0 amide bonds. The van der Waals surface area contributed by atoms with Crippen LogP contribution in [0.25, 0.3) is 0 Å². The minimum atomic E-state index is -7.22. The molecule has 0 radical (unpaired) electrons. The molecule has 24 heteroatoms. The van der Waals surface area contributed by atoms with Crippen LogP contribution in [-0.2, 0) is 6.16 Å². The normalized spacial score (nSPS) is 11.8. The lowest BCUT2D eigenvalue weighted by Gasteiger charge is -2.44. The molecule has 0 N–H and O–H groups in total. The van der Waals surface area contributed by atoms with E-state index in [2.05, 4.69) is 91.0 Å². The highest BCUT2D eigenvalue weighted by Gasteiger charge is 2.53. The summed E-state index contributed by atoms with van der Waals surface area (Å²) in [6.45, 7) is 0. The van der Waals surface area contributed by atoms with Crippen LogP contribution in [-0.4, -0.2) is 6.15 Å². The van der Waals surface area contributed by atoms with Crippen molar-refractivity contribution >= 4 is 74.4 Å². The minimum Gasteiger partial charge on any atom is -0.207 e. The van der Waals surface area contributed by atoms with Crippen LogP contribution in [0.1, 0.15) is 5.56 Å². The van der Waals surface area contributed by atoms with Gasteiger partial charge in [-0.25, -0.2) is 87.8 Å². The molecule has 0 unspecified atom stereocenters. The summed E-state index contributed by atoms with van der Waals surface area (Å²) in [5.74, 6) is -71.4. The molecule has 378 valence electrons. The van der Waals surface area contributed by atoms with E-state index in [4.69, 9.17) is 23.2 Å². The van der Waals surface area contributed by atoms with Gasteiger partial charge < -0.3 is 0 Å². The number of rotatable bonds is 9. The lowest BCUT2D eigenvalue weighted by atomic mass is 9.12. The summed E-state index contributed by atoms with van der Waals surface area (Å²) in [7, 11) is -2.00. The molecular weight excluding hydrogens is 1080 g/mol. The third kappa shape index (κ3) is 8.65. The molecule has 0 aliphatic heterocycles. The minimum absolute atomic E-state index is 0.722. The van der Waals surface area contributed by atoms with Crippen LogP contribution in [0.5, 0.6) is 0 Å². The highest BCUT2D eigenvalue weighted by Crippen LogP contribution is 2.59. The van der Waals surface area contributed by atoms with Gasteiger partial charge in [-0.1, -0.05) is 83.9 Å². The zero-order valence-electron chi connectivity index (χ0n) is 35.4. The monoisotopic (exact) mass is 1100 g/mol. The van der Waals surface area contributed by atoms with Gasteiger partial charge in [0.1, 0.15) is 82.0 Å². The summed E-state index contributed by atoms with van der Waals surface area (Å²) in [5.41, 5.74) is -13.3. The van der Waals surface area contributed by atoms with Gasteiger partial charge in [-0.3, -0.25) is 0 Å². The summed E-state index contributed by atoms with van der Waals surface area (Å²) in [5, 5.41) is 5.41. The Morgan fingerprint density at radius 2 is 0.452 bits per heavy atom. The largest absolute Gasteiger partial charge is 0.207 e. The van der Waals surface area contributed by atoms with Crippen LogP contribution >= 0.6 is 30.5 Å². The van der Waals surface area contributed by atoms with Crippen LogP contribution in [0.15, 0.2) is 109 Å². The molecule has 0 atom stereocenters. The molecule has 0 saturated heterocycles. The van der Waals surface area contributed by atoms with E-state index in [1.165, 1.54) is 15.9 Å². The smallest absolute Gasteiger partial charge is 0.200 e. The number of halogens is 22. The van der Waals surface area contributed by atoms with Crippen molar-refractivity contribution in [3.05, 3.63) is 241 Å². The van der Waals surface area contributed by atoms with E-state index in [1.54, 1.807) is 0 Å². The fourth-order valence-corrected chi connectivity index (χ4v) is 13.6. The van der Waals surface area contributed by atoms with E-state index in [-0.39, 0.29) is 0 Å². The molecule has 0 heterocycles. The van der Waals surface area contributed by atoms with Gasteiger partial charge in [0.05, 0.1) is 0 Å². The predicted molar refractivity (Wildman–Crippen MR) is 235 cm³/mol. The Balaban J connectivity index is 0.000000237. The molecule has 0 spiro atoms. The Bertz CT molecular complexity index is 2960. The van der Waals surface area contributed by atoms with E-state index in [0.29, 0.717) is 0 Å². The highest BCUT2D eigenvalue weighted by molar-refractivity contribution is 7.95. The van der Waals surface area contributed by atoms with E-state index < -0.39 is 152 Å². The van der Waals surface area contributed by atoms with Crippen LogP contribution in [0.4, 0.5) is 87.8 Å². The maximum atomic E-state index is 15.4. The first-order valence-corrected chi connectivity index (χ1v) is 22.9. The zero-order chi connectivity index (χ0) is 53.8. The van der Waals surface area contributed by atoms with E-state index in [9.17, 15) is 52.7 Å². The van der Waals surface area contributed by atoms with Gasteiger partial charge in [0.25, 0.3) is 0 Å². The number of benzene rings is 8. The van der Waals surface area contributed by atoms with Gasteiger partial charge >= 0.3 is 0 Å². The molecule has 0 bridgehead atoms. The topological polar surface area (TPSA) is 0 Å². The molecule has 0 nitrogen and oxygen atoms in total. The van der Waals surface area contributed by atoms with Gasteiger partial charge in [0, 0.05) is 15.6 Å². The first-order chi connectivity index (χ1) is 34.4. The first-order valence-electron chi connectivity index (χ1n) is 20.1. The third-order valence-electron chi connectivity index (χ3n) is 11.8. The van der Waals surface area contributed by atoms with Gasteiger partial charge in [-0.15, -0.1) is 21.9 Å². The average Bonchev–Trinajstić information content (AvgIpc) is 3.39. The predicted octanol–water partition coefficient (Wildman–Crippen LogP) is 12.3. The highest BCUT2D eigenvalue weighted by atomic mass is 35.5. The van der Waals surface area contributed by atoms with Crippen molar-refractivity contribution in [2.45, 2.75) is 6.16 Å². The SMILES string of the molecule is Clc1cccc(Cl)c1C[P+](c1ccccc1)(c1ccccc1)c1ccccc1.Fc1c(F)c(F)c([B-](c2c(F)c(F)c(F)c(F)c2F)(c2c(F)c(F)c(F)c(F)c2F)c2c(F)c(F)c(F)c(F)c2F)c(F)c1F. The molecule has 0 aliphatic rings. The summed E-state index contributed by atoms with van der Waals surface area (Å²) < 4.78 is 294. The van der Waals surface area contributed by atoms with Crippen molar-refractivity contribution in [3.63, 3.8) is 0 Å². The molecule has 73 heavy (non-hydrogen) atoms. The Morgan fingerprint density at radius 3 is 0.658 bits per heavy atom. The Hall–Kier alpha value is -6.57. The van der Waals surface area contributed by atoms with Gasteiger partial charge in [0.2, 0.25) is 0 Å². The molecule has 8 aromatic rings. The van der Waals surface area contributed by atoms with Crippen molar-refractivity contribution in [2.24, 2.45) is 0 Å². The van der Waals surface area contributed by atoms with Crippen LogP contribution < -0.4 is 37.8 Å². The summed E-state index contributed by atoms with van der Waals surface area (Å²) in [6, 6.07) is 38.1. The first kappa shape index (κ1) is 54.2. The van der Waals surface area contributed by atoms with Crippen LogP contribution in [0.2, 0.25) is 10.0 Å². The molecule has 0 aromatic heterocycles. The number of hydrogen-bond donors (Lipinski definition) is 0. The molecule has 8 aromatic carbocycles. The summed E-state index contributed by atoms with van der Waals surface area (Å²) in [4.78, 5) is 0. The summed E-state index contributed by atoms with van der Waals surface area (Å²) >= 11 is 13.3. The Labute approximate surface area is 408 Å². The van der Waals surface area contributed by atoms with Crippen molar-refractivity contribution in [3.8, 4) is 0 Å². The van der Waals surface area contributed by atoms with Crippen molar-refractivity contribution in [2.75, 3.05) is 0 Å². The quantitative estimate of drug-likeness (QED) is 0.0444. The van der Waals surface area contributed by atoms with Crippen LogP contribution in [0.3, 0.4) is 0 Å². The fraction of sp³-hybridized carbons (Fsp3) is 0.0204. The maximum absolute atomic E-state index is 15.4. The van der Waals surface area contributed by atoms with E-state index >= 15 is 35.1 Å². The third-order valence-corrected chi connectivity index (χ3v) is 16.8. The summed E-state index contributed by atoms with van der Waals surface area (Å²) in [6.07, 6.45) is -6.44. The maximum Gasteiger partial charge on any atom is 0.200 e. The van der Waals surface area contributed by atoms with Gasteiger partial charge in [0.15, 0.2) is 69.8 Å². The molecule has 0 aliphatic carbocycles. The van der Waals surface area contributed by atoms with E-state index in [1.807, 2.05) is 18.2 Å². The standard InChI is InChI=1S/C25H20Cl2P.C24BF20/c26-24-17-10-18-25(27)23(24)19-28(20-11-4-1-5-12-20,21-13-6-2-7-14-21)22-15-8-3-9-16-22;26-5-1(6(27)14(35)21(42)13(5)34)25(2-7(28)15(36)22(43)16(37)8(2)29,3-9(30)17(38)23(44)18(39)10(3)31)4-11(32)19(40)24(45)20(41)12(4)33/h1-18H,19H2;/q+1;-1. The van der Waals surface area contributed by atoms with Crippen LogP contribution in [0, 0.1) is 116 Å². The second-order valence-electron chi connectivity index (χ2n) is 15.5. The molecular formula is C49H20BCl2F20P. The van der Waals surface area contributed by atoms with Crippen molar-refractivity contribution < 1.29 is 87.8 Å². The van der Waals surface area contributed by atoms with E-state index in [0.717, 1.165) is 21.8 Å². The average molecular weight is 1100 g/mol. The number of hydrogen-bond acceptors (Lipinski definition) is 0. The molecule has 0 fully saturated rings. The molecule has 0 saturated carbocycles. The van der Waals surface area contributed by atoms with Gasteiger partial charge in [-0.05, 0) is 48.5 Å². The fourth-order valence-electron chi connectivity index (χ4n) is 8.56. The Kier molecular flexibility index (Phi) is 15.4. The zero-order valence-corrected chi connectivity index (χ0v) is 37.8. The second-order valence-corrected chi connectivity index (χ2v) is 19.8. The lowest BCUT2D eigenvalue weighted by molar-refractivity contribution is 0.378. The van der Waals surface area contributed by atoms with Crippen molar-refractivity contribution in [1.82, 2.24) is 0 Å². The Morgan fingerprint density at radius 1 is 0.260 bits per heavy atom. The van der Waals surface area contributed by atoms with Crippen molar-refractivity contribution in [1.29, 1.82) is 0 Å². The molecule has 8 rings (SSSR count).